The molecule has 0 radical (unpaired) electrons. The fourth-order valence-corrected chi connectivity index (χ4v) is 13.6. The summed E-state index contributed by atoms with van der Waals surface area (Å²) in [6.45, 7) is 7.25. The minimum Gasteiger partial charge on any atom is -0.462 e. The van der Waals surface area contributed by atoms with Gasteiger partial charge in [-0.1, -0.05) is 362 Å². The third kappa shape index (κ3) is 72.2. The molecule has 0 spiro atoms. The molecule has 5 atom stereocenters. The average molecular weight is 1420 g/mol. The van der Waals surface area contributed by atoms with Crippen molar-refractivity contribution in [3.63, 3.8) is 0 Å². The van der Waals surface area contributed by atoms with E-state index in [2.05, 4.69) is 34.6 Å². The maximum Gasteiger partial charge on any atom is 0.472 e. The zero-order chi connectivity index (χ0) is 71.2. The fraction of sp³-hybridized carbons (Fsp3) is 0.949. The number of phosphoric acid groups is 2. The molecule has 0 aliphatic carbocycles. The number of rotatable bonds is 78. The molecule has 0 rings (SSSR count). The molecule has 97 heavy (non-hydrogen) atoms. The van der Waals surface area contributed by atoms with Crippen molar-refractivity contribution in [1.82, 2.24) is 0 Å². The Labute approximate surface area is 594 Å². The molecule has 17 nitrogen and oxygen atoms in total. The Hall–Kier alpha value is -1.94. The first-order chi connectivity index (χ1) is 47.0. The van der Waals surface area contributed by atoms with Crippen LogP contribution in [0.5, 0.6) is 0 Å². The number of ether oxygens (including phenoxy) is 4. The van der Waals surface area contributed by atoms with E-state index in [9.17, 15) is 43.2 Å². The van der Waals surface area contributed by atoms with Gasteiger partial charge in [-0.3, -0.25) is 37.3 Å². The van der Waals surface area contributed by atoms with Crippen molar-refractivity contribution in [2.75, 3.05) is 39.6 Å². The average Bonchev–Trinajstić information content (AvgIpc) is 1.75. The van der Waals surface area contributed by atoms with Crippen molar-refractivity contribution in [2.45, 2.75) is 432 Å². The SMILES string of the molecule is CCCCCCCCCCCCCCCCCCCCCCC(=O)O[C@H](COC(=O)CCCCCCCCCCCCCCCCC(C)C)COP(=O)(O)OC[C@@H](O)COP(=O)(O)OC[C@@H](COC(=O)CCCCCCC)OC(=O)CCCCCCCCCCCCCCCCC. The number of hydrogen-bond acceptors (Lipinski definition) is 15. The zero-order valence-corrected chi connectivity index (χ0v) is 65.0. The number of esters is 4. The zero-order valence-electron chi connectivity index (χ0n) is 63.2. The molecule has 0 amide bonds. The molecule has 0 bridgehead atoms. The van der Waals surface area contributed by atoms with Gasteiger partial charge >= 0.3 is 39.5 Å². The number of carbonyl (C=O) groups is 4. The highest BCUT2D eigenvalue weighted by Gasteiger charge is 2.30. The Kier molecular flexibility index (Phi) is 69.6. The Morgan fingerprint density at radius 1 is 0.278 bits per heavy atom. The van der Waals surface area contributed by atoms with Gasteiger partial charge in [0.15, 0.2) is 12.2 Å². The van der Waals surface area contributed by atoms with Gasteiger partial charge in [-0.2, -0.15) is 0 Å². The van der Waals surface area contributed by atoms with Crippen LogP contribution in [-0.2, 0) is 65.4 Å². The van der Waals surface area contributed by atoms with Crippen molar-refractivity contribution in [3.05, 3.63) is 0 Å². The highest BCUT2D eigenvalue weighted by molar-refractivity contribution is 7.47. The van der Waals surface area contributed by atoms with Gasteiger partial charge in [-0.25, -0.2) is 9.13 Å². The molecule has 0 aliphatic heterocycles. The molecule has 0 aromatic rings. The summed E-state index contributed by atoms with van der Waals surface area (Å²) in [6, 6.07) is 0. The molecule has 0 aromatic carbocycles. The van der Waals surface area contributed by atoms with Gasteiger partial charge in [0, 0.05) is 25.7 Å². The second kappa shape index (κ2) is 71.1. The van der Waals surface area contributed by atoms with E-state index in [-0.39, 0.29) is 25.7 Å². The van der Waals surface area contributed by atoms with Crippen LogP contribution in [-0.4, -0.2) is 96.7 Å². The number of hydrogen-bond donors (Lipinski definition) is 3. The Bertz CT molecular complexity index is 1860. The largest absolute Gasteiger partial charge is 0.472 e. The van der Waals surface area contributed by atoms with E-state index in [1.54, 1.807) is 0 Å². The van der Waals surface area contributed by atoms with Crippen molar-refractivity contribution >= 4 is 39.5 Å². The second-order valence-electron chi connectivity index (χ2n) is 28.6. The lowest BCUT2D eigenvalue weighted by molar-refractivity contribution is -0.161. The van der Waals surface area contributed by atoms with Gasteiger partial charge in [0.05, 0.1) is 26.4 Å². The maximum absolute atomic E-state index is 13.1. The van der Waals surface area contributed by atoms with Gasteiger partial charge in [-0.05, 0) is 31.6 Å². The lowest BCUT2D eigenvalue weighted by atomic mass is 10.0. The van der Waals surface area contributed by atoms with Crippen LogP contribution in [0.4, 0.5) is 0 Å². The van der Waals surface area contributed by atoms with E-state index in [0.717, 1.165) is 102 Å². The number of aliphatic hydroxyl groups is 1. The van der Waals surface area contributed by atoms with Crippen molar-refractivity contribution in [3.8, 4) is 0 Å². The first kappa shape index (κ1) is 95.1. The first-order valence-electron chi connectivity index (χ1n) is 40.6. The van der Waals surface area contributed by atoms with Crippen LogP contribution >= 0.6 is 15.6 Å². The molecule has 0 aliphatic rings. The van der Waals surface area contributed by atoms with Crippen molar-refractivity contribution in [2.24, 2.45) is 5.92 Å². The molecule has 19 heteroatoms. The quantitative estimate of drug-likeness (QED) is 0.0222. The van der Waals surface area contributed by atoms with E-state index in [4.69, 9.17) is 37.0 Å². The van der Waals surface area contributed by atoms with Crippen LogP contribution in [0.15, 0.2) is 0 Å². The maximum atomic E-state index is 13.1. The highest BCUT2D eigenvalue weighted by Crippen LogP contribution is 2.45. The third-order valence-electron chi connectivity index (χ3n) is 18.3. The molecule has 3 N–H and O–H groups in total. The van der Waals surface area contributed by atoms with Gasteiger partial charge < -0.3 is 33.8 Å². The molecule has 0 heterocycles. The van der Waals surface area contributed by atoms with E-state index in [1.807, 2.05) is 0 Å². The Morgan fingerprint density at radius 3 is 0.701 bits per heavy atom. The van der Waals surface area contributed by atoms with Gasteiger partial charge in [-0.15, -0.1) is 0 Å². The van der Waals surface area contributed by atoms with E-state index in [1.165, 1.54) is 231 Å². The predicted molar refractivity (Wildman–Crippen MR) is 395 cm³/mol. The molecule has 576 valence electrons. The van der Waals surface area contributed by atoms with Crippen molar-refractivity contribution in [1.29, 1.82) is 0 Å². The Balaban J connectivity index is 5.13. The van der Waals surface area contributed by atoms with Crippen LogP contribution < -0.4 is 0 Å². The monoisotopic (exact) mass is 1420 g/mol. The van der Waals surface area contributed by atoms with Crippen LogP contribution in [0, 0.1) is 5.92 Å². The summed E-state index contributed by atoms with van der Waals surface area (Å²) < 4.78 is 68.4. The number of carbonyl (C=O) groups excluding carboxylic acids is 4. The van der Waals surface area contributed by atoms with Crippen LogP contribution in [0.3, 0.4) is 0 Å². The molecule has 2 unspecified atom stereocenters. The van der Waals surface area contributed by atoms with Gasteiger partial charge in [0.25, 0.3) is 0 Å². The topological polar surface area (TPSA) is 237 Å². The van der Waals surface area contributed by atoms with Crippen LogP contribution in [0.1, 0.15) is 413 Å². The summed E-state index contributed by atoms with van der Waals surface area (Å²) in [4.78, 5) is 72.6. The first-order valence-corrected chi connectivity index (χ1v) is 43.6. The van der Waals surface area contributed by atoms with E-state index >= 15 is 0 Å². The number of phosphoric ester groups is 2. The number of aliphatic hydroxyl groups excluding tert-OH is 1. The molecular formula is C78H152O17P2. The van der Waals surface area contributed by atoms with Crippen LogP contribution in [0.25, 0.3) is 0 Å². The third-order valence-corrected chi connectivity index (χ3v) is 20.2. The molecule has 0 aromatic heterocycles. The number of unbranched alkanes of at least 4 members (excludes halogenated alkanes) is 50. The van der Waals surface area contributed by atoms with E-state index < -0.39 is 97.5 Å². The summed E-state index contributed by atoms with van der Waals surface area (Å²) in [7, 11) is -9.90. The smallest absolute Gasteiger partial charge is 0.462 e. The van der Waals surface area contributed by atoms with Crippen molar-refractivity contribution < 1.29 is 80.2 Å². The summed E-state index contributed by atoms with van der Waals surface area (Å²) in [5.41, 5.74) is 0. The fourth-order valence-electron chi connectivity index (χ4n) is 12.1. The lowest BCUT2D eigenvalue weighted by Crippen LogP contribution is -2.30. The lowest BCUT2D eigenvalue weighted by Gasteiger charge is -2.21. The molecule has 0 saturated carbocycles. The van der Waals surface area contributed by atoms with E-state index in [0.29, 0.717) is 25.7 Å². The van der Waals surface area contributed by atoms with Crippen LogP contribution in [0.2, 0.25) is 0 Å². The predicted octanol–water partition coefficient (Wildman–Crippen LogP) is 23.3. The summed E-state index contributed by atoms with van der Waals surface area (Å²) in [5.74, 6) is -1.32. The normalized spacial score (nSPS) is 13.9. The Morgan fingerprint density at radius 2 is 0.474 bits per heavy atom. The molecular weight excluding hydrogens is 1270 g/mol. The molecule has 0 fully saturated rings. The second-order valence-corrected chi connectivity index (χ2v) is 31.5. The molecule has 0 saturated heterocycles. The highest BCUT2D eigenvalue weighted by atomic mass is 31.2. The standard InChI is InChI=1S/C78H152O17P2/c1-6-9-12-15-17-19-21-23-25-26-27-28-29-31-37-41-45-49-54-59-64-78(83)95-74(68-89-76(81)62-57-52-47-43-39-35-33-32-34-38-42-46-51-55-60-71(4)5)70-93-97(86,87)91-66-72(79)65-90-96(84,85)92-69-73(67-88-75(80)61-56-50-14-11-8-3)94-77(82)63-58-53-48-44-40-36-30-24-22-20-18-16-13-10-7-2/h71-74,79H,6-70H2,1-5H3,(H,84,85)(H,86,87)/t72-,73+,74+/m0/s1. The summed E-state index contributed by atoms with van der Waals surface area (Å²) in [5, 5.41) is 10.6. The summed E-state index contributed by atoms with van der Waals surface area (Å²) in [6.07, 6.45) is 61.5. The van der Waals surface area contributed by atoms with Gasteiger partial charge in [0.2, 0.25) is 0 Å². The minimum absolute atomic E-state index is 0.108. The summed E-state index contributed by atoms with van der Waals surface area (Å²) >= 11 is 0. The van der Waals surface area contributed by atoms with Gasteiger partial charge in [0.1, 0.15) is 19.3 Å². The minimum atomic E-state index is -4.96.